The number of ketones is 1. The molecule has 2 N–H and O–H groups in total. The molecule has 0 amide bonds. The topological polar surface area (TPSA) is 98.2 Å². The van der Waals surface area contributed by atoms with Crippen molar-refractivity contribution in [3.8, 4) is 0 Å². The SMILES string of the molecule is C[C@@]1(O)CC[C@]2(CO)C3CC[C@]4(C)[C@@H](C(=O)CN5CCN(S(C)(=O)=O)CC5)CC[C@H]4[C@@H]3CC[C@H]2C1. The van der Waals surface area contributed by atoms with Gasteiger partial charge in [-0.25, -0.2) is 8.42 Å². The highest BCUT2D eigenvalue weighted by Gasteiger charge is 2.63. The van der Waals surface area contributed by atoms with E-state index in [0.29, 0.717) is 62.2 Å². The summed E-state index contributed by atoms with van der Waals surface area (Å²) in [5, 5.41) is 21.4. The van der Waals surface area contributed by atoms with E-state index in [0.717, 1.165) is 51.4 Å². The highest BCUT2D eigenvalue weighted by molar-refractivity contribution is 7.88. The maximum atomic E-state index is 13.6. The van der Waals surface area contributed by atoms with Crippen LogP contribution in [0.1, 0.15) is 71.6 Å². The molecule has 0 aromatic carbocycles. The second kappa shape index (κ2) is 9.04. The number of nitrogens with zero attached hydrogens (tertiary/aromatic N) is 2. The number of hydrogen-bond donors (Lipinski definition) is 2. The number of carbonyl (C=O) groups is 1. The minimum absolute atomic E-state index is 0.0382. The van der Waals surface area contributed by atoms with Gasteiger partial charge in [0.2, 0.25) is 10.0 Å². The van der Waals surface area contributed by atoms with Crippen LogP contribution in [0, 0.1) is 40.4 Å². The van der Waals surface area contributed by atoms with Gasteiger partial charge in [-0.2, -0.15) is 4.31 Å². The summed E-state index contributed by atoms with van der Waals surface area (Å²) in [6.45, 7) is 7.20. The molecule has 0 radical (unpaired) electrons. The highest BCUT2D eigenvalue weighted by Crippen LogP contribution is 2.68. The molecule has 0 aromatic heterocycles. The van der Waals surface area contributed by atoms with Crippen molar-refractivity contribution in [1.82, 2.24) is 9.21 Å². The molecule has 8 atom stereocenters. The summed E-state index contributed by atoms with van der Waals surface area (Å²) in [5.41, 5.74) is -0.610. The van der Waals surface area contributed by atoms with E-state index >= 15 is 0 Å². The molecule has 5 aliphatic rings. The van der Waals surface area contributed by atoms with E-state index in [1.54, 1.807) is 0 Å². The lowest BCUT2D eigenvalue weighted by Crippen LogP contribution is -2.58. The summed E-state index contributed by atoms with van der Waals surface area (Å²) in [6.07, 6.45) is 10.3. The molecule has 0 bridgehead atoms. The van der Waals surface area contributed by atoms with Gasteiger partial charge in [-0.3, -0.25) is 9.69 Å². The molecule has 5 rings (SSSR count). The van der Waals surface area contributed by atoms with Gasteiger partial charge < -0.3 is 10.2 Å². The van der Waals surface area contributed by atoms with E-state index < -0.39 is 15.6 Å². The summed E-state index contributed by atoms with van der Waals surface area (Å²) < 4.78 is 25.1. The number of rotatable bonds is 5. The lowest BCUT2D eigenvalue weighted by Gasteiger charge is -2.62. The predicted octanol–water partition coefficient (Wildman–Crippen LogP) is 2.52. The van der Waals surface area contributed by atoms with Gasteiger partial charge >= 0.3 is 0 Å². The summed E-state index contributed by atoms with van der Waals surface area (Å²) in [7, 11) is -3.16. The number of aliphatic hydroxyl groups is 2. The van der Waals surface area contributed by atoms with Crippen LogP contribution in [0.4, 0.5) is 0 Å². The average molecular weight is 511 g/mol. The van der Waals surface area contributed by atoms with Crippen LogP contribution >= 0.6 is 0 Å². The van der Waals surface area contributed by atoms with Gasteiger partial charge in [0.15, 0.2) is 0 Å². The quantitative estimate of drug-likeness (QED) is 0.590. The zero-order valence-electron chi connectivity index (χ0n) is 21.9. The summed E-state index contributed by atoms with van der Waals surface area (Å²) in [5.74, 6) is 2.49. The third-order valence-corrected chi connectivity index (χ3v) is 12.8. The summed E-state index contributed by atoms with van der Waals surface area (Å²) >= 11 is 0. The van der Waals surface area contributed by atoms with Gasteiger partial charge in [-0.05, 0) is 99.2 Å². The molecule has 4 aliphatic carbocycles. The largest absolute Gasteiger partial charge is 0.396 e. The van der Waals surface area contributed by atoms with Crippen molar-refractivity contribution in [1.29, 1.82) is 0 Å². The Labute approximate surface area is 211 Å². The maximum absolute atomic E-state index is 13.6. The first-order valence-corrected chi connectivity index (χ1v) is 15.8. The second-order valence-corrected chi connectivity index (χ2v) is 15.3. The number of hydrogen-bond acceptors (Lipinski definition) is 6. The van der Waals surface area contributed by atoms with Crippen molar-refractivity contribution < 1.29 is 23.4 Å². The third kappa shape index (κ3) is 4.43. The Morgan fingerprint density at radius 2 is 1.66 bits per heavy atom. The normalized spacial score (nSPS) is 47.1. The van der Waals surface area contributed by atoms with E-state index in [1.165, 1.54) is 17.0 Å². The van der Waals surface area contributed by atoms with Crippen LogP contribution in [-0.4, -0.2) is 84.8 Å². The van der Waals surface area contributed by atoms with Crippen molar-refractivity contribution in [3.63, 3.8) is 0 Å². The van der Waals surface area contributed by atoms with Crippen LogP contribution < -0.4 is 0 Å². The first kappa shape index (κ1) is 26.1. The number of sulfonamides is 1. The Bertz CT molecular complexity index is 930. The Morgan fingerprint density at radius 3 is 2.31 bits per heavy atom. The highest BCUT2D eigenvalue weighted by atomic mass is 32.2. The fourth-order valence-electron chi connectivity index (χ4n) is 9.62. The van der Waals surface area contributed by atoms with Gasteiger partial charge in [0.1, 0.15) is 5.78 Å². The van der Waals surface area contributed by atoms with Gasteiger partial charge in [0.25, 0.3) is 0 Å². The fourth-order valence-corrected chi connectivity index (χ4v) is 10.4. The minimum atomic E-state index is -3.16. The first-order chi connectivity index (χ1) is 16.4. The van der Waals surface area contributed by atoms with Crippen molar-refractivity contribution in [2.75, 3.05) is 45.6 Å². The second-order valence-electron chi connectivity index (χ2n) is 13.3. The molecule has 0 aromatic rings. The molecule has 4 saturated carbocycles. The monoisotopic (exact) mass is 510 g/mol. The van der Waals surface area contributed by atoms with Crippen LogP contribution in [0.3, 0.4) is 0 Å². The summed E-state index contributed by atoms with van der Waals surface area (Å²) in [4.78, 5) is 15.7. The number of piperazine rings is 1. The molecule has 1 heterocycles. The molecule has 1 saturated heterocycles. The van der Waals surface area contributed by atoms with Gasteiger partial charge in [-0.1, -0.05) is 6.92 Å². The van der Waals surface area contributed by atoms with Gasteiger partial charge in [0, 0.05) is 38.7 Å². The molecular weight excluding hydrogens is 464 g/mol. The van der Waals surface area contributed by atoms with E-state index in [4.69, 9.17) is 0 Å². The van der Waals surface area contributed by atoms with Crippen LogP contribution in [0.15, 0.2) is 0 Å². The standard InChI is InChI=1S/C27H46N2O5S/c1-25(32)10-11-27(18-30)19(16-25)4-5-20-21-6-7-23(26(21,2)9-8-22(20)27)24(31)17-28-12-14-29(15-13-28)35(3,33)34/h19-23,30,32H,4-18H2,1-3H3/t19-,20-,21-,22?,23+,25+,26-,27+/m0/s1. The third-order valence-electron chi connectivity index (χ3n) is 11.5. The lowest BCUT2D eigenvalue weighted by molar-refractivity contribution is -0.171. The smallest absolute Gasteiger partial charge is 0.211 e. The Balaban J connectivity index is 1.26. The van der Waals surface area contributed by atoms with Crippen LogP contribution in [-0.2, 0) is 14.8 Å². The number of aliphatic hydroxyl groups excluding tert-OH is 1. The van der Waals surface area contributed by atoms with Gasteiger partial charge in [0.05, 0.1) is 18.4 Å². The average Bonchev–Trinajstić information content (AvgIpc) is 3.15. The van der Waals surface area contributed by atoms with Crippen LogP contribution in [0.25, 0.3) is 0 Å². The molecular formula is C27H46N2O5S. The lowest BCUT2D eigenvalue weighted by atomic mass is 9.43. The molecule has 200 valence electrons. The fraction of sp³-hybridized carbons (Fsp3) is 0.963. The molecule has 1 unspecified atom stereocenters. The van der Waals surface area contributed by atoms with Gasteiger partial charge in [-0.15, -0.1) is 0 Å². The van der Waals surface area contributed by atoms with E-state index in [9.17, 15) is 23.4 Å². The zero-order valence-corrected chi connectivity index (χ0v) is 22.7. The Morgan fingerprint density at radius 1 is 0.943 bits per heavy atom. The molecule has 8 heteroatoms. The molecule has 7 nitrogen and oxygen atoms in total. The van der Waals surface area contributed by atoms with E-state index in [1.807, 2.05) is 6.92 Å². The predicted molar refractivity (Wildman–Crippen MR) is 135 cm³/mol. The number of Topliss-reactive ketones (excluding diaryl/α,β-unsaturated/α-hetero) is 1. The molecule has 0 spiro atoms. The summed E-state index contributed by atoms with van der Waals surface area (Å²) in [6, 6.07) is 0. The van der Waals surface area contributed by atoms with Crippen molar-refractivity contribution in [2.24, 2.45) is 40.4 Å². The maximum Gasteiger partial charge on any atom is 0.211 e. The van der Waals surface area contributed by atoms with Crippen molar-refractivity contribution in [2.45, 2.75) is 77.2 Å². The van der Waals surface area contributed by atoms with E-state index in [2.05, 4.69) is 11.8 Å². The molecule has 1 aliphatic heterocycles. The minimum Gasteiger partial charge on any atom is -0.396 e. The number of fused-ring (bicyclic) bond motifs is 5. The van der Waals surface area contributed by atoms with Crippen LogP contribution in [0.5, 0.6) is 0 Å². The van der Waals surface area contributed by atoms with Crippen molar-refractivity contribution >= 4 is 15.8 Å². The Kier molecular flexibility index (Phi) is 6.73. The van der Waals surface area contributed by atoms with Crippen molar-refractivity contribution in [3.05, 3.63) is 0 Å². The van der Waals surface area contributed by atoms with Crippen LogP contribution in [0.2, 0.25) is 0 Å². The Hall–Kier alpha value is -0.540. The number of carbonyl (C=O) groups excluding carboxylic acids is 1. The molecule has 35 heavy (non-hydrogen) atoms. The first-order valence-electron chi connectivity index (χ1n) is 13.9. The van der Waals surface area contributed by atoms with E-state index in [-0.39, 0.29) is 23.4 Å². The molecule has 5 fully saturated rings. The zero-order chi connectivity index (χ0) is 25.2.